The minimum atomic E-state index is -0.222. The Labute approximate surface area is 213 Å². The van der Waals surface area contributed by atoms with E-state index >= 15 is 0 Å². The summed E-state index contributed by atoms with van der Waals surface area (Å²) in [6, 6.07) is 8.62. The molecule has 2 aliphatic heterocycles. The number of fused-ring (bicyclic) bond motifs is 3. The number of anilines is 1. The lowest BCUT2D eigenvalue weighted by Gasteiger charge is -2.38. The van der Waals surface area contributed by atoms with Gasteiger partial charge in [0, 0.05) is 43.3 Å². The lowest BCUT2D eigenvalue weighted by atomic mass is 9.74. The van der Waals surface area contributed by atoms with Gasteiger partial charge >= 0.3 is 5.97 Å². The topological polar surface area (TPSA) is 73.2 Å². The Bertz CT molecular complexity index is 1110. The van der Waals surface area contributed by atoms with Gasteiger partial charge in [0.2, 0.25) is 0 Å². The molecular weight excluding hydrogens is 454 g/mol. The maximum atomic E-state index is 11.7. The zero-order valence-electron chi connectivity index (χ0n) is 21.7. The number of carbonyl (C=O) groups excluding carboxylic acids is 1. The van der Waals surface area contributed by atoms with E-state index in [-0.39, 0.29) is 24.0 Å². The second-order valence-corrected chi connectivity index (χ2v) is 9.90. The fourth-order valence-electron chi connectivity index (χ4n) is 5.87. The second kappa shape index (κ2) is 10.9. The number of ether oxygens (including phenoxy) is 3. The highest BCUT2D eigenvalue weighted by Crippen LogP contribution is 2.45. The molecule has 2 aromatic rings. The number of hydrogen-bond donors (Lipinski definition) is 0. The van der Waals surface area contributed by atoms with Crippen LogP contribution in [-0.2, 0) is 9.53 Å². The van der Waals surface area contributed by atoms with E-state index in [1.165, 1.54) is 31.7 Å². The number of carbonyl (C=O) groups is 1. The molecule has 0 amide bonds. The maximum Gasteiger partial charge on any atom is 0.302 e. The lowest BCUT2D eigenvalue weighted by Crippen LogP contribution is -2.36. The second-order valence-electron chi connectivity index (χ2n) is 9.90. The molecule has 1 aromatic carbocycles. The van der Waals surface area contributed by atoms with E-state index in [0.29, 0.717) is 13.2 Å². The standard InChI is InChI=1S/C29H37N3O4/c1-4-34-26-16-22-23-15-21(36-19(3)33)10-11-25(23)31-29(24(22)17-27(26)35-5-2)20-9-12-28(30-18-20)32-13-7-6-8-14-32/h9,12,16-18,21,23,25H,4-8,10-11,13-15H2,1-3H3/t21-,23-,25-/m1/s1. The number of pyridine rings is 1. The molecule has 0 N–H and O–H groups in total. The van der Waals surface area contributed by atoms with Crippen LogP contribution < -0.4 is 14.4 Å². The van der Waals surface area contributed by atoms with Crippen molar-refractivity contribution in [2.45, 2.75) is 77.4 Å². The van der Waals surface area contributed by atoms with Crippen LogP contribution in [-0.4, -0.2) is 55.1 Å². The van der Waals surface area contributed by atoms with E-state index in [1.54, 1.807) is 0 Å². The molecule has 0 unspecified atom stereocenters. The van der Waals surface area contributed by atoms with E-state index in [9.17, 15) is 4.79 Å². The van der Waals surface area contributed by atoms with Gasteiger partial charge in [-0.15, -0.1) is 0 Å². The number of aromatic nitrogens is 1. The Kier molecular flexibility index (Phi) is 7.44. The molecule has 5 rings (SSSR count). The first kappa shape index (κ1) is 24.6. The van der Waals surface area contributed by atoms with E-state index in [4.69, 9.17) is 24.2 Å². The van der Waals surface area contributed by atoms with Crippen LogP contribution in [0.25, 0.3) is 0 Å². The van der Waals surface area contributed by atoms with Gasteiger partial charge in [0.25, 0.3) is 0 Å². The number of nitrogens with zero attached hydrogens (tertiary/aromatic N) is 3. The van der Waals surface area contributed by atoms with Gasteiger partial charge in [-0.05, 0) is 82.2 Å². The lowest BCUT2D eigenvalue weighted by molar-refractivity contribution is -0.148. The third kappa shape index (κ3) is 5.06. The van der Waals surface area contributed by atoms with Crippen LogP contribution in [0.3, 0.4) is 0 Å². The van der Waals surface area contributed by atoms with Gasteiger partial charge in [-0.25, -0.2) is 4.98 Å². The highest BCUT2D eigenvalue weighted by atomic mass is 16.5. The van der Waals surface area contributed by atoms with Gasteiger partial charge in [-0.2, -0.15) is 0 Å². The van der Waals surface area contributed by atoms with Gasteiger partial charge in [-0.1, -0.05) is 0 Å². The molecule has 0 spiro atoms. The Morgan fingerprint density at radius 2 is 1.78 bits per heavy atom. The molecule has 1 saturated carbocycles. The third-order valence-corrected chi connectivity index (χ3v) is 7.46. The zero-order chi connectivity index (χ0) is 25.1. The predicted molar refractivity (Wildman–Crippen MR) is 141 cm³/mol. The van der Waals surface area contributed by atoms with Crippen molar-refractivity contribution < 1.29 is 19.0 Å². The summed E-state index contributed by atoms with van der Waals surface area (Å²) in [4.78, 5) is 24.1. The Hall–Kier alpha value is -3.09. The maximum absolute atomic E-state index is 11.7. The summed E-state index contributed by atoms with van der Waals surface area (Å²) in [5.74, 6) is 2.47. The van der Waals surface area contributed by atoms with Crippen molar-refractivity contribution in [2.75, 3.05) is 31.2 Å². The summed E-state index contributed by atoms with van der Waals surface area (Å²) in [5, 5.41) is 0. The van der Waals surface area contributed by atoms with Gasteiger partial charge in [0.05, 0.1) is 25.0 Å². The van der Waals surface area contributed by atoms with Gasteiger partial charge in [0.15, 0.2) is 11.5 Å². The molecular formula is C29H37N3O4. The first-order valence-corrected chi connectivity index (χ1v) is 13.5. The van der Waals surface area contributed by atoms with Crippen LogP contribution in [0.5, 0.6) is 11.5 Å². The number of esters is 1. The first-order valence-electron chi connectivity index (χ1n) is 13.5. The summed E-state index contributed by atoms with van der Waals surface area (Å²) in [6.45, 7) is 8.71. The van der Waals surface area contributed by atoms with Crippen molar-refractivity contribution in [3.05, 3.63) is 47.2 Å². The fourth-order valence-corrected chi connectivity index (χ4v) is 5.87. The first-order chi connectivity index (χ1) is 17.6. The summed E-state index contributed by atoms with van der Waals surface area (Å²) >= 11 is 0. The zero-order valence-corrected chi connectivity index (χ0v) is 21.7. The van der Waals surface area contributed by atoms with E-state index in [2.05, 4.69) is 29.2 Å². The Morgan fingerprint density at radius 3 is 2.44 bits per heavy atom. The van der Waals surface area contributed by atoms with Crippen molar-refractivity contribution in [1.82, 2.24) is 4.98 Å². The summed E-state index contributed by atoms with van der Waals surface area (Å²) in [7, 11) is 0. The van der Waals surface area contributed by atoms with Crippen LogP contribution in [0.1, 0.15) is 81.9 Å². The molecule has 3 atom stereocenters. The fraction of sp³-hybridized carbons (Fsp3) is 0.552. The summed E-state index contributed by atoms with van der Waals surface area (Å²) < 4.78 is 17.6. The van der Waals surface area contributed by atoms with Crippen molar-refractivity contribution in [3.63, 3.8) is 0 Å². The average Bonchev–Trinajstić information content (AvgIpc) is 2.89. The molecule has 192 valence electrons. The predicted octanol–water partition coefficient (Wildman–Crippen LogP) is 5.29. The molecule has 1 saturated heterocycles. The number of rotatable bonds is 7. The van der Waals surface area contributed by atoms with Gasteiger partial charge in [-0.3, -0.25) is 9.79 Å². The molecule has 1 aromatic heterocycles. The van der Waals surface area contributed by atoms with Crippen molar-refractivity contribution in [2.24, 2.45) is 4.99 Å². The molecule has 3 aliphatic rings. The van der Waals surface area contributed by atoms with Crippen LogP contribution in [0.15, 0.2) is 35.5 Å². The smallest absolute Gasteiger partial charge is 0.302 e. The van der Waals surface area contributed by atoms with E-state index in [1.807, 2.05) is 20.0 Å². The SMILES string of the molecule is CCOc1cc2c(cc1OCC)[C@H]1C[C@H](OC(C)=O)CC[C@H]1N=C2c1ccc(N2CCCCC2)nc1. The quantitative estimate of drug-likeness (QED) is 0.490. The summed E-state index contributed by atoms with van der Waals surface area (Å²) in [5.41, 5.74) is 4.22. The van der Waals surface area contributed by atoms with Crippen molar-refractivity contribution in [3.8, 4) is 11.5 Å². The van der Waals surface area contributed by atoms with Crippen LogP contribution >= 0.6 is 0 Å². The van der Waals surface area contributed by atoms with Crippen molar-refractivity contribution in [1.29, 1.82) is 0 Å². The largest absolute Gasteiger partial charge is 0.490 e. The monoisotopic (exact) mass is 491 g/mol. The molecule has 0 radical (unpaired) electrons. The normalized spacial score (nSPS) is 23.2. The summed E-state index contributed by atoms with van der Waals surface area (Å²) in [6.07, 6.45) is 8.10. The molecule has 36 heavy (non-hydrogen) atoms. The van der Waals surface area contributed by atoms with Gasteiger partial charge < -0.3 is 19.1 Å². The van der Waals surface area contributed by atoms with Crippen LogP contribution in [0, 0.1) is 0 Å². The van der Waals surface area contributed by atoms with E-state index in [0.717, 1.165) is 66.5 Å². The Balaban J connectivity index is 1.53. The van der Waals surface area contributed by atoms with Crippen LogP contribution in [0.2, 0.25) is 0 Å². The van der Waals surface area contributed by atoms with Gasteiger partial charge in [0.1, 0.15) is 11.9 Å². The molecule has 7 nitrogen and oxygen atoms in total. The molecule has 2 fully saturated rings. The van der Waals surface area contributed by atoms with Crippen LogP contribution in [0.4, 0.5) is 5.82 Å². The molecule has 7 heteroatoms. The Morgan fingerprint density at radius 1 is 1.03 bits per heavy atom. The highest BCUT2D eigenvalue weighted by Gasteiger charge is 2.39. The molecule has 3 heterocycles. The highest BCUT2D eigenvalue weighted by molar-refractivity contribution is 6.15. The number of benzene rings is 1. The minimum absolute atomic E-state index is 0.0824. The molecule has 0 bridgehead atoms. The number of aliphatic imine (C=N–C) groups is 1. The number of piperidine rings is 1. The minimum Gasteiger partial charge on any atom is -0.490 e. The molecule has 1 aliphatic carbocycles. The van der Waals surface area contributed by atoms with Crippen molar-refractivity contribution >= 4 is 17.5 Å². The third-order valence-electron chi connectivity index (χ3n) is 7.46. The van der Waals surface area contributed by atoms with E-state index < -0.39 is 0 Å². The average molecular weight is 492 g/mol. The number of hydrogen-bond acceptors (Lipinski definition) is 7.